The highest BCUT2D eigenvalue weighted by Crippen LogP contribution is 2.27. The third kappa shape index (κ3) is 6.29. The predicted molar refractivity (Wildman–Crippen MR) is 65.5 cm³/mol. The number of nitrogens with zero attached hydrogens (tertiary/aromatic N) is 1. The second-order valence-electron chi connectivity index (χ2n) is 4.81. The molecule has 1 unspecified atom stereocenters. The molecule has 102 valence electrons. The normalized spacial score (nSPS) is 24.8. The molecule has 1 heterocycles. The number of nitrogens with one attached hydrogen (secondary N) is 1. The molecule has 0 saturated carbocycles. The van der Waals surface area contributed by atoms with Crippen LogP contribution in [0.15, 0.2) is 12.7 Å². The lowest BCUT2D eigenvalue weighted by Gasteiger charge is -2.31. The smallest absolute Gasteiger partial charge is 0.316 e. The lowest BCUT2D eigenvalue weighted by molar-refractivity contribution is -0.147. The fourth-order valence-corrected chi connectivity index (χ4v) is 2.16. The lowest BCUT2D eigenvalue weighted by atomic mass is 9.89. The Morgan fingerprint density at radius 1 is 1.47 bits per heavy atom. The minimum atomic E-state index is -4.13. The fraction of sp³-hybridized carbons (Fsp3) is 0.818. The first-order chi connectivity index (χ1) is 7.35. The summed E-state index contributed by atoms with van der Waals surface area (Å²) in [5.41, 5.74) is -0.0474. The highest BCUT2D eigenvalue weighted by Gasteiger charge is 2.35. The van der Waals surface area contributed by atoms with Gasteiger partial charge in [-0.3, -0.25) is 4.90 Å². The van der Waals surface area contributed by atoms with Gasteiger partial charge in [-0.2, -0.15) is 13.2 Å². The van der Waals surface area contributed by atoms with Gasteiger partial charge in [0, 0.05) is 19.6 Å². The van der Waals surface area contributed by atoms with E-state index in [1.807, 2.05) is 6.92 Å². The molecule has 1 N–H and O–H groups in total. The van der Waals surface area contributed by atoms with Crippen molar-refractivity contribution in [3.05, 3.63) is 12.7 Å². The molecule has 0 spiro atoms. The average molecular weight is 273 g/mol. The molecule has 1 aliphatic heterocycles. The maximum Gasteiger partial charge on any atom is 0.401 e. The summed E-state index contributed by atoms with van der Waals surface area (Å²) in [6, 6.07) is 0. The second-order valence-corrected chi connectivity index (χ2v) is 4.81. The highest BCUT2D eigenvalue weighted by atomic mass is 35.5. The van der Waals surface area contributed by atoms with E-state index >= 15 is 0 Å². The Kier molecular flexibility index (Phi) is 6.51. The minimum absolute atomic E-state index is 0. The summed E-state index contributed by atoms with van der Waals surface area (Å²) in [5.74, 6) is 0. The summed E-state index contributed by atoms with van der Waals surface area (Å²) < 4.78 is 37.0. The Morgan fingerprint density at radius 2 is 2.12 bits per heavy atom. The summed E-state index contributed by atoms with van der Waals surface area (Å²) >= 11 is 0. The molecule has 1 aliphatic rings. The Morgan fingerprint density at radius 3 is 2.53 bits per heavy atom. The van der Waals surface area contributed by atoms with E-state index in [1.165, 1.54) is 11.0 Å². The molecule has 2 nitrogen and oxygen atoms in total. The lowest BCUT2D eigenvalue weighted by Crippen LogP contribution is -2.42. The van der Waals surface area contributed by atoms with Crippen molar-refractivity contribution >= 4 is 12.4 Å². The van der Waals surface area contributed by atoms with Crippen molar-refractivity contribution in [2.24, 2.45) is 5.41 Å². The third-order valence-electron chi connectivity index (χ3n) is 2.85. The van der Waals surface area contributed by atoms with Gasteiger partial charge in [0.05, 0.1) is 6.54 Å². The van der Waals surface area contributed by atoms with E-state index in [0.29, 0.717) is 6.54 Å². The van der Waals surface area contributed by atoms with E-state index < -0.39 is 12.7 Å². The van der Waals surface area contributed by atoms with Gasteiger partial charge in [-0.05, 0) is 18.4 Å². The van der Waals surface area contributed by atoms with Crippen LogP contribution in [0.25, 0.3) is 0 Å². The molecule has 0 aromatic heterocycles. The molecule has 0 aromatic rings. The minimum Gasteiger partial charge on any atom is -0.316 e. The predicted octanol–water partition coefficient (Wildman–Crippen LogP) is 2.46. The molecule has 1 atom stereocenters. The number of alkyl halides is 3. The molecule has 0 bridgehead atoms. The van der Waals surface area contributed by atoms with Gasteiger partial charge >= 0.3 is 6.18 Å². The van der Waals surface area contributed by atoms with E-state index in [2.05, 4.69) is 11.9 Å². The van der Waals surface area contributed by atoms with Crippen molar-refractivity contribution in [3.8, 4) is 0 Å². The number of hydrogen-bond donors (Lipinski definition) is 1. The standard InChI is InChI=1S/C11H19F3N2.ClH/c1-3-6-16(9-11(12,13)14)8-10(2)4-5-15-7-10;/h3,15H,1,4-9H2,2H3;1H. The summed E-state index contributed by atoms with van der Waals surface area (Å²) in [4.78, 5) is 1.42. The van der Waals surface area contributed by atoms with Crippen molar-refractivity contribution < 1.29 is 13.2 Å². The molecular formula is C11H20ClF3N2. The van der Waals surface area contributed by atoms with Crippen LogP contribution in [0.3, 0.4) is 0 Å². The fourth-order valence-electron chi connectivity index (χ4n) is 2.16. The van der Waals surface area contributed by atoms with E-state index in [-0.39, 0.29) is 24.4 Å². The van der Waals surface area contributed by atoms with Crippen molar-refractivity contribution in [1.29, 1.82) is 0 Å². The molecule has 1 rings (SSSR count). The second kappa shape index (κ2) is 6.61. The largest absolute Gasteiger partial charge is 0.401 e. The van der Waals surface area contributed by atoms with Gasteiger partial charge < -0.3 is 5.32 Å². The summed E-state index contributed by atoms with van der Waals surface area (Å²) in [6.07, 6.45) is -1.68. The molecule has 0 aromatic carbocycles. The number of hydrogen-bond acceptors (Lipinski definition) is 2. The number of rotatable bonds is 5. The zero-order valence-electron chi connectivity index (χ0n) is 10.0. The highest BCUT2D eigenvalue weighted by molar-refractivity contribution is 5.85. The van der Waals surface area contributed by atoms with Crippen molar-refractivity contribution in [1.82, 2.24) is 10.2 Å². The first kappa shape index (κ1) is 16.7. The van der Waals surface area contributed by atoms with Crippen LogP contribution >= 0.6 is 12.4 Å². The van der Waals surface area contributed by atoms with Gasteiger partial charge in [-0.25, -0.2) is 0 Å². The Bertz CT molecular complexity index is 237. The molecular weight excluding hydrogens is 253 g/mol. The van der Waals surface area contributed by atoms with Gasteiger partial charge in [0.15, 0.2) is 0 Å². The zero-order chi connectivity index (χ0) is 12.2. The SMILES string of the molecule is C=CCN(CC(F)(F)F)CC1(C)CCNC1.Cl. The summed E-state index contributed by atoms with van der Waals surface area (Å²) in [7, 11) is 0. The van der Waals surface area contributed by atoms with Crippen LogP contribution in [0.5, 0.6) is 0 Å². The van der Waals surface area contributed by atoms with Gasteiger partial charge in [-0.1, -0.05) is 13.0 Å². The quantitative estimate of drug-likeness (QED) is 0.774. The summed E-state index contributed by atoms with van der Waals surface area (Å²) in [6.45, 7) is 7.11. The van der Waals surface area contributed by atoms with Crippen LogP contribution in [0, 0.1) is 5.41 Å². The molecule has 1 fully saturated rings. The van der Waals surface area contributed by atoms with Gasteiger partial charge in [0.1, 0.15) is 0 Å². The first-order valence-electron chi connectivity index (χ1n) is 5.45. The van der Waals surface area contributed by atoms with Crippen LogP contribution in [0.1, 0.15) is 13.3 Å². The van der Waals surface area contributed by atoms with E-state index in [9.17, 15) is 13.2 Å². The van der Waals surface area contributed by atoms with Crippen LogP contribution < -0.4 is 5.32 Å². The van der Waals surface area contributed by atoms with Crippen LogP contribution in [-0.2, 0) is 0 Å². The average Bonchev–Trinajstić information content (AvgIpc) is 2.49. The maximum atomic E-state index is 12.3. The van der Waals surface area contributed by atoms with E-state index in [1.54, 1.807) is 0 Å². The van der Waals surface area contributed by atoms with E-state index in [0.717, 1.165) is 19.5 Å². The monoisotopic (exact) mass is 272 g/mol. The van der Waals surface area contributed by atoms with Gasteiger partial charge in [0.2, 0.25) is 0 Å². The molecule has 6 heteroatoms. The Hall–Kier alpha value is -0.260. The molecule has 0 radical (unpaired) electrons. The molecule has 0 amide bonds. The first-order valence-corrected chi connectivity index (χ1v) is 5.45. The van der Waals surface area contributed by atoms with Crippen molar-refractivity contribution in [2.75, 3.05) is 32.7 Å². The topological polar surface area (TPSA) is 15.3 Å². The van der Waals surface area contributed by atoms with Crippen LogP contribution in [-0.4, -0.2) is 43.8 Å². The van der Waals surface area contributed by atoms with Crippen molar-refractivity contribution in [2.45, 2.75) is 19.5 Å². The molecule has 1 saturated heterocycles. The maximum absolute atomic E-state index is 12.3. The van der Waals surface area contributed by atoms with E-state index in [4.69, 9.17) is 0 Å². The molecule has 0 aliphatic carbocycles. The Labute approximate surface area is 107 Å². The Balaban J connectivity index is 0.00000256. The van der Waals surface area contributed by atoms with Crippen molar-refractivity contribution in [3.63, 3.8) is 0 Å². The zero-order valence-corrected chi connectivity index (χ0v) is 10.8. The van der Waals surface area contributed by atoms with Gasteiger partial charge in [-0.15, -0.1) is 19.0 Å². The van der Waals surface area contributed by atoms with Crippen LogP contribution in [0.4, 0.5) is 13.2 Å². The third-order valence-corrected chi connectivity index (χ3v) is 2.85. The molecule has 17 heavy (non-hydrogen) atoms. The van der Waals surface area contributed by atoms with Gasteiger partial charge in [0.25, 0.3) is 0 Å². The summed E-state index contributed by atoms with van der Waals surface area (Å²) in [5, 5.41) is 3.19. The number of halogens is 4. The van der Waals surface area contributed by atoms with Crippen LogP contribution in [0.2, 0.25) is 0 Å².